The van der Waals surface area contributed by atoms with E-state index in [1.165, 1.54) is 16.7 Å². The maximum atomic E-state index is 4.43. The van der Waals surface area contributed by atoms with Gasteiger partial charge in [-0.3, -0.25) is 9.88 Å². The number of nitrogens with zero attached hydrogens (tertiary/aromatic N) is 2. The van der Waals surface area contributed by atoms with Gasteiger partial charge in [-0.1, -0.05) is 18.2 Å². The van der Waals surface area contributed by atoms with Gasteiger partial charge in [-0.2, -0.15) is 0 Å². The van der Waals surface area contributed by atoms with Crippen LogP contribution in [0.1, 0.15) is 24.1 Å². The zero-order valence-corrected chi connectivity index (χ0v) is 10.9. The lowest BCUT2D eigenvalue weighted by Crippen LogP contribution is -2.30. The molecule has 1 atom stereocenters. The van der Waals surface area contributed by atoms with Gasteiger partial charge in [0.25, 0.3) is 0 Å². The van der Waals surface area contributed by atoms with E-state index in [1.807, 2.05) is 18.3 Å². The standard InChI is InChI=1S/C16H18N2/c1-12-15-11-14(16-5-3-4-9-17-16)7-6-13(15)8-10-18(12)2/h3-7,9,11-12H,8,10H2,1-2H3. The van der Waals surface area contributed by atoms with Gasteiger partial charge in [0.15, 0.2) is 0 Å². The highest BCUT2D eigenvalue weighted by molar-refractivity contribution is 5.61. The van der Waals surface area contributed by atoms with Gasteiger partial charge in [0, 0.05) is 24.3 Å². The number of benzene rings is 1. The smallest absolute Gasteiger partial charge is 0.0702 e. The molecule has 0 fully saturated rings. The molecular formula is C16H18N2. The molecule has 0 N–H and O–H groups in total. The molecule has 1 aliphatic heterocycles. The molecule has 18 heavy (non-hydrogen) atoms. The fourth-order valence-corrected chi connectivity index (χ4v) is 2.63. The normalized spacial score (nSPS) is 19.6. The van der Waals surface area contributed by atoms with Crippen LogP contribution >= 0.6 is 0 Å². The Balaban J connectivity index is 2.05. The van der Waals surface area contributed by atoms with Gasteiger partial charge in [-0.25, -0.2) is 0 Å². The first-order valence-electron chi connectivity index (χ1n) is 6.50. The van der Waals surface area contributed by atoms with Crippen molar-refractivity contribution in [2.24, 2.45) is 0 Å². The predicted octanol–water partition coefficient (Wildman–Crippen LogP) is 3.30. The quantitative estimate of drug-likeness (QED) is 0.758. The summed E-state index contributed by atoms with van der Waals surface area (Å²) in [5.74, 6) is 0. The molecule has 1 aliphatic rings. The van der Waals surface area contributed by atoms with Crippen LogP contribution in [0.5, 0.6) is 0 Å². The topological polar surface area (TPSA) is 16.1 Å². The number of pyridine rings is 1. The zero-order chi connectivity index (χ0) is 12.5. The van der Waals surface area contributed by atoms with Crippen molar-refractivity contribution in [1.29, 1.82) is 0 Å². The van der Waals surface area contributed by atoms with Crippen LogP contribution in [-0.2, 0) is 6.42 Å². The minimum atomic E-state index is 0.498. The first-order chi connectivity index (χ1) is 8.75. The van der Waals surface area contributed by atoms with Gasteiger partial charge in [0.05, 0.1) is 5.69 Å². The van der Waals surface area contributed by atoms with Crippen LogP contribution in [0.15, 0.2) is 42.6 Å². The van der Waals surface area contributed by atoms with Crippen molar-refractivity contribution in [2.45, 2.75) is 19.4 Å². The highest BCUT2D eigenvalue weighted by Gasteiger charge is 2.21. The highest BCUT2D eigenvalue weighted by Crippen LogP contribution is 2.31. The van der Waals surface area contributed by atoms with Crippen molar-refractivity contribution in [2.75, 3.05) is 13.6 Å². The Morgan fingerprint density at radius 1 is 1.22 bits per heavy atom. The molecule has 2 heteroatoms. The van der Waals surface area contributed by atoms with E-state index in [1.54, 1.807) is 0 Å². The maximum Gasteiger partial charge on any atom is 0.0702 e. The van der Waals surface area contributed by atoms with Crippen LogP contribution in [0, 0.1) is 0 Å². The highest BCUT2D eigenvalue weighted by atomic mass is 15.1. The third kappa shape index (κ3) is 1.93. The van der Waals surface area contributed by atoms with E-state index >= 15 is 0 Å². The van der Waals surface area contributed by atoms with Crippen molar-refractivity contribution < 1.29 is 0 Å². The number of hydrogen-bond donors (Lipinski definition) is 0. The van der Waals surface area contributed by atoms with Crippen molar-refractivity contribution in [3.63, 3.8) is 0 Å². The van der Waals surface area contributed by atoms with E-state index in [2.05, 4.69) is 48.1 Å². The number of hydrogen-bond acceptors (Lipinski definition) is 2. The summed E-state index contributed by atoms with van der Waals surface area (Å²) in [7, 11) is 2.20. The Morgan fingerprint density at radius 2 is 2.11 bits per heavy atom. The molecule has 2 nitrogen and oxygen atoms in total. The molecule has 1 aromatic heterocycles. The van der Waals surface area contributed by atoms with Gasteiger partial charge in [0.2, 0.25) is 0 Å². The van der Waals surface area contributed by atoms with Crippen molar-refractivity contribution in [3.05, 3.63) is 53.7 Å². The summed E-state index contributed by atoms with van der Waals surface area (Å²) in [5.41, 5.74) is 5.21. The predicted molar refractivity (Wildman–Crippen MR) is 74.4 cm³/mol. The molecule has 2 aromatic rings. The molecule has 1 aromatic carbocycles. The largest absolute Gasteiger partial charge is 0.299 e. The summed E-state index contributed by atoms with van der Waals surface area (Å²) in [5, 5.41) is 0. The van der Waals surface area contributed by atoms with Crippen LogP contribution in [0.3, 0.4) is 0 Å². The van der Waals surface area contributed by atoms with E-state index < -0.39 is 0 Å². The molecule has 0 amide bonds. The third-order valence-corrected chi connectivity index (χ3v) is 3.95. The summed E-state index contributed by atoms with van der Waals surface area (Å²) < 4.78 is 0. The molecule has 2 heterocycles. The molecule has 92 valence electrons. The van der Waals surface area contributed by atoms with E-state index in [4.69, 9.17) is 0 Å². The van der Waals surface area contributed by atoms with Gasteiger partial charge in [-0.15, -0.1) is 0 Å². The third-order valence-electron chi connectivity index (χ3n) is 3.95. The lowest BCUT2D eigenvalue weighted by atomic mass is 9.91. The summed E-state index contributed by atoms with van der Waals surface area (Å²) in [6.45, 7) is 3.43. The first kappa shape index (κ1) is 11.4. The second-order valence-corrected chi connectivity index (χ2v) is 5.04. The second-order valence-electron chi connectivity index (χ2n) is 5.04. The molecule has 0 saturated carbocycles. The second kappa shape index (κ2) is 4.54. The van der Waals surface area contributed by atoms with Crippen LogP contribution in [0.4, 0.5) is 0 Å². The molecule has 1 unspecified atom stereocenters. The van der Waals surface area contributed by atoms with E-state index in [9.17, 15) is 0 Å². The van der Waals surface area contributed by atoms with Gasteiger partial charge >= 0.3 is 0 Å². The van der Waals surface area contributed by atoms with Gasteiger partial charge in [-0.05, 0) is 49.7 Å². The molecule has 0 radical (unpaired) electrons. The number of likely N-dealkylation sites (N-methyl/N-ethyl adjacent to an activating group) is 1. The minimum Gasteiger partial charge on any atom is -0.299 e. The summed E-state index contributed by atoms with van der Waals surface area (Å²) in [4.78, 5) is 6.84. The minimum absolute atomic E-state index is 0.498. The lowest BCUT2D eigenvalue weighted by molar-refractivity contribution is 0.247. The number of rotatable bonds is 1. The van der Waals surface area contributed by atoms with E-state index in [0.29, 0.717) is 6.04 Å². The van der Waals surface area contributed by atoms with Gasteiger partial charge < -0.3 is 0 Å². The Morgan fingerprint density at radius 3 is 2.89 bits per heavy atom. The van der Waals surface area contributed by atoms with Crippen LogP contribution < -0.4 is 0 Å². The molecule has 0 aliphatic carbocycles. The fraction of sp³-hybridized carbons (Fsp3) is 0.312. The lowest BCUT2D eigenvalue weighted by Gasteiger charge is -2.32. The van der Waals surface area contributed by atoms with Crippen LogP contribution in [-0.4, -0.2) is 23.5 Å². The van der Waals surface area contributed by atoms with Crippen LogP contribution in [0.2, 0.25) is 0 Å². The Kier molecular flexibility index (Phi) is 2.88. The first-order valence-corrected chi connectivity index (χ1v) is 6.50. The van der Waals surface area contributed by atoms with E-state index in [0.717, 1.165) is 18.7 Å². The Bertz CT molecular complexity index is 548. The number of aromatic nitrogens is 1. The Hall–Kier alpha value is -1.67. The molecule has 0 saturated heterocycles. The molecular weight excluding hydrogens is 220 g/mol. The van der Waals surface area contributed by atoms with Gasteiger partial charge in [0.1, 0.15) is 0 Å². The average molecular weight is 238 g/mol. The zero-order valence-electron chi connectivity index (χ0n) is 10.9. The average Bonchev–Trinajstić information content (AvgIpc) is 2.44. The van der Waals surface area contributed by atoms with Crippen molar-refractivity contribution in [3.8, 4) is 11.3 Å². The molecule has 0 bridgehead atoms. The summed E-state index contributed by atoms with van der Waals surface area (Å²) in [6, 6.07) is 13.3. The Labute approximate surface area is 108 Å². The SMILES string of the molecule is CC1c2cc(-c3ccccn3)ccc2CCN1C. The van der Waals surface area contributed by atoms with Crippen molar-refractivity contribution in [1.82, 2.24) is 9.88 Å². The fourth-order valence-electron chi connectivity index (χ4n) is 2.63. The van der Waals surface area contributed by atoms with Crippen molar-refractivity contribution >= 4 is 0 Å². The maximum absolute atomic E-state index is 4.43. The van der Waals surface area contributed by atoms with E-state index in [-0.39, 0.29) is 0 Å². The summed E-state index contributed by atoms with van der Waals surface area (Å²) in [6.07, 6.45) is 3.00. The summed E-state index contributed by atoms with van der Waals surface area (Å²) >= 11 is 0. The molecule has 3 rings (SSSR count). The van der Waals surface area contributed by atoms with Crippen LogP contribution in [0.25, 0.3) is 11.3 Å². The number of fused-ring (bicyclic) bond motifs is 1. The molecule has 0 spiro atoms. The monoisotopic (exact) mass is 238 g/mol.